The van der Waals surface area contributed by atoms with Crippen LogP contribution in [0.15, 0.2) is 42.5 Å². The van der Waals surface area contributed by atoms with Gasteiger partial charge in [0, 0.05) is 11.6 Å². The van der Waals surface area contributed by atoms with Crippen LogP contribution in [0.2, 0.25) is 0 Å². The molecule has 0 radical (unpaired) electrons. The molecule has 0 saturated carbocycles. The van der Waals surface area contributed by atoms with Gasteiger partial charge in [0.15, 0.2) is 11.6 Å². The zero-order chi connectivity index (χ0) is 14.5. The van der Waals surface area contributed by atoms with Gasteiger partial charge in [0.25, 0.3) is 0 Å². The van der Waals surface area contributed by atoms with Crippen LogP contribution in [0.4, 0.5) is 8.78 Å². The van der Waals surface area contributed by atoms with E-state index in [1.165, 1.54) is 6.07 Å². The highest BCUT2D eigenvalue weighted by atomic mass is 19.2. The number of hydrogen-bond acceptors (Lipinski definition) is 2. The number of aromatic hydroxyl groups is 1. The molecular weight excluding hydrogens is 260 g/mol. The standard InChI is InChI=1S/C16H17F2NO/c1-11(14-3-2-4-15(17)16(14)18)19-10-9-12-5-7-13(20)8-6-12/h2-8,11,19-20H,9-10H2,1H3. The Labute approximate surface area is 117 Å². The average Bonchev–Trinajstić information content (AvgIpc) is 2.44. The predicted molar refractivity (Wildman–Crippen MR) is 74.6 cm³/mol. The topological polar surface area (TPSA) is 32.3 Å². The fourth-order valence-electron chi connectivity index (χ4n) is 2.06. The molecule has 1 unspecified atom stereocenters. The van der Waals surface area contributed by atoms with E-state index in [4.69, 9.17) is 0 Å². The number of halogens is 2. The summed E-state index contributed by atoms with van der Waals surface area (Å²) in [4.78, 5) is 0. The zero-order valence-corrected chi connectivity index (χ0v) is 11.2. The first kappa shape index (κ1) is 14.5. The van der Waals surface area contributed by atoms with Gasteiger partial charge in [-0.05, 0) is 43.7 Å². The maximum Gasteiger partial charge on any atom is 0.163 e. The average molecular weight is 277 g/mol. The number of hydrogen-bond donors (Lipinski definition) is 2. The van der Waals surface area contributed by atoms with Gasteiger partial charge in [0.2, 0.25) is 0 Å². The molecule has 0 heterocycles. The summed E-state index contributed by atoms with van der Waals surface area (Å²) in [7, 11) is 0. The van der Waals surface area contributed by atoms with E-state index in [1.807, 2.05) is 12.1 Å². The summed E-state index contributed by atoms with van der Waals surface area (Å²) in [5.74, 6) is -1.39. The minimum Gasteiger partial charge on any atom is -0.508 e. The molecular formula is C16H17F2NO. The molecule has 0 aromatic heterocycles. The summed E-state index contributed by atoms with van der Waals surface area (Å²) in [6.07, 6.45) is 0.752. The molecule has 0 saturated heterocycles. The van der Waals surface area contributed by atoms with E-state index in [0.29, 0.717) is 12.1 Å². The molecule has 4 heteroatoms. The smallest absolute Gasteiger partial charge is 0.163 e. The summed E-state index contributed by atoms with van der Waals surface area (Å²) >= 11 is 0. The van der Waals surface area contributed by atoms with Crippen LogP contribution in [-0.2, 0) is 6.42 Å². The second-order valence-electron chi connectivity index (χ2n) is 4.74. The molecule has 0 aliphatic carbocycles. The molecule has 106 valence electrons. The van der Waals surface area contributed by atoms with E-state index in [9.17, 15) is 13.9 Å². The summed E-state index contributed by atoms with van der Waals surface area (Å²) in [5, 5.41) is 12.3. The predicted octanol–water partition coefficient (Wildman–Crippen LogP) is 3.56. The second kappa shape index (κ2) is 6.48. The molecule has 20 heavy (non-hydrogen) atoms. The Hall–Kier alpha value is -1.94. The highest BCUT2D eigenvalue weighted by Crippen LogP contribution is 2.19. The van der Waals surface area contributed by atoms with Crippen molar-refractivity contribution in [3.8, 4) is 5.75 Å². The largest absolute Gasteiger partial charge is 0.508 e. The molecule has 2 aromatic rings. The van der Waals surface area contributed by atoms with Crippen molar-refractivity contribution in [2.45, 2.75) is 19.4 Å². The number of rotatable bonds is 5. The second-order valence-corrected chi connectivity index (χ2v) is 4.74. The van der Waals surface area contributed by atoms with Crippen molar-refractivity contribution in [3.05, 3.63) is 65.2 Å². The Bertz CT molecular complexity index is 569. The first-order valence-corrected chi connectivity index (χ1v) is 6.53. The molecule has 2 aromatic carbocycles. The molecule has 2 nitrogen and oxygen atoms in total. The molecule has 0 spiro atoms. The number of nitrogens with one attached hydrogen (secondary N) is 1. The van der Waals surface area contributed by atoms with E-state index in [0.717, 1.165) is 18.1 Å². The van der Waals surface area contributed by atoms with Crippen molar-refractivity contribution >= 4 is 0 Å². The van der Waals surface area contributed by atoms with Crippen LogP contribution in [0.5, 0.6) is 5.75 Å². The lowest BCUT2D eigenvalue weighted by molar-refractivity contribution is 0.472. The minimum atomic E-state index is -0.824. The third kappa shape index (κ3) is 3.54. The number of phenolic OH excluding ortho intramolecular Hbond substituents is 1. The van der Waals surface area contributed by atoms with E-state index >= 15 is 0 Å². The third-order valence-electron chi connectivity index (χ3n) is 3.25. The van der Waals surface area contributed by atoms with Gasteiger partial charge in [-0.1, -0.05) is 24.3 Å². The van der Waals surface area contributed by atoms with Gasteiger partial charge in [-0.25, -0.2) is 8.78 Å². The van der Waals surface area contributed by atoms with Crippen LogP contribution < -0.4 is 5.32 Å². The van der Waals surface area contributed by atoms with Crippen LogP contribution >= 0.6 is 0 Å². The Morgan fingerprint density at radius 1 is 1.10 bits per heavy atom. The van der Waals surface area contributed by atoms with Crippen LogP contribution in [0.1, 0.15) is 24.1 Å². The van der Waals surface area contributed by atoms with Crippen LogP contribution in [0.25, 0.3) is 0 Å². The van der Waals surface area contributed by atoms with Crippen molar-refractivity contribution in [1.29, 1.82) is 0 Å². The van der Waals surface area contributed by atoms with E-state index in [1.54, 1.807) is 25.1 Å². The Morgan fingerprint density at radius 3 is 2.50 bits per heavy atom. The van der Waals surface area contributed by atoms with Gasteiger partial charge in [-0.2, -0.15) is 0 Å². The van der Waals surface area contributed by atoms with Crippen LogP contribution in [-0.4, -0.2) is 11.7 Å². The van der Waals surface area contributed by atoms with Gasteiger partial charge in [0.1, 0.15) is 5.75 Å². The van der Waals surface area contributed by atoms with Crippen molar-refractivity contribution in [2.75, 3.05) is 6.54 Å². The minimum absolute atomic E-state index is 0.233. The normalized spacial score (nSPS) is 12.3. The molecule has 1 atom stereocenters. The molecule has 0 amide bonds. The molecule has 2 N–H and O–H groups in total. The SMILES string of the molecule is CC(NCCc1ccc(O)cc1)c1cccc(F)c1F. The molecule has 2 rings (SSSR count). The maximum atomic E-state index is 13.6. The Kier molecular flexibility index (Phi) is 4.69. The van der Waals surface area contributed by atoms with Crippen molar-refractivity contribution in [1.82, 2.24) is 5.32 Å². The van der Waals surface area contributed by atoms with E-state index in [2.05, 4.69) is 5.32 Å². The fraction of sp³-hybridized carbons (Fsp3) is 0.250. The highest BCUT2D eigenvalue weighted by molar-refractivity contribution is 5.26. The number of phenols is 1. The summed E-state index contributed by atoms with van der Waals surface area (Å²) < 4.78 is 26.7. The van der Waals surface area contributed by atoms with Crippen LogP contribution in [0.3, 0.4) is 0 Å². The van der Waals surface area contributed by atoms with Crippen molar-refractivity contribution < 1.29 is 13.9 Å². The molecule has 0 bridgehead atoms. The monoisotopic (exact) mass is 277 g/mol. The highest BCUT2D eigenvalue weighted by Gasteiger charge is 2.13. The first-order chi connectivity index (χ1) is 9.58. The summed E-state index contributed by atoms with van der Waals surface area (Å²) in [5.41, 5.74) is 1.40. The van der Waals surface area contributed by atoms with Gasteiger partial charge in [-0.15, -0.1) is 0 Å². The first-order valence-electron chi connectivity index (χ1n) is 6.53. The maximum absolute atomic E-state index is 13.6. The third-order valence-corrected chi connectivity index (χ3v) is 3.25. The van der Waals surface area contributed by atoms with E-state index in [-0.39, 0.29) is 11.8 Å². The van der Waals surface area contributed by atoms with Gasteiger partial charge in [0.05, 0.1) is 0 Å². The molecule has 0 aliphatic rings. The van der Waals surface area contributed by atoms with Crippen molar-refractivity contribution in [2.24, 2.45) is 0 Å². The zero-order valence-electron chi connectivity index (χ0n) is 11.2. The summed E-state index contributed by atoms with van der Waals surface area (Å²) in [6.45, 7) is 2.44. The Morgan fingerprint density at radius 2 is 1.80 bits per heavy atom. The van der Waals surface area contributed by atoms with E-state index < -0.39 is 11.6 Å². The van der Waals surface area contributed by atoms with Gasteiger partial charge in [-0.3, -0.25) is 0 Å². The summed E-state index contributed by atoms with van der Waals surface area (Å²) in [6, 6.07) is 10.9. The van der Waals surface area contributed by atoms with Gasteiger partial charge < -0.3 is 10.4 Å². The lowest BCUT2D eigenvalue weighted by Gasteiger charge is -2.15. The van der Waals surface area contributed by atoms with Gasteiger partial charge >= 0.3 is 0 Å². The van der Waals surface area contributed by atoms with Crippen LogP contribution in [0, 0.1) is 11.6 Å². The number of benzene rings is 2. The fourth-order valence-corrected chi connectivity index (χ4v) is 2.06. The van der Waals surface area contributed by atoms with Crippen molar-refractivity contribution in [3.63, 3.8) is 0 Å². The Balaban J connectivity index is 1.90. The molecule has 0 aliphatic heterocycles. The molecule has 0 fully saturated rings. The quantitative estimate of drug-likeness (QED) is 0.875. The lowest BCUT2D eigenvalue weighted by Crippen LogP contribution is -2.22. The lowest BCUT2D eigenvalue weighted by atomic mass is 10.1.